The number of amides is 1. The van der Waals surface area contributed by atoms with Gasteiger partial charge in [0.25, 0.3) is 0 Å². The van der Waals surface area contributed by atoms with Gasteiger partial charge in [-0.2, -0.15) is 0 Å². The van der Waals surface area contributed by atoms with Crippen molar-refractivity contribution in [1.29, 1.82) is 0 Å². The Kier molecular flexibility index (Phi) is 11.5. The maximum Gasteiger partial charge on any atom is 0.332 e. The first-order chi connectivity index (χ1) is 21.4. The van der Waals surface area contributed by atoms with E-state index < -0.39 is 29.3 Å². The summed E-state index contributed by atoms with van der Waals surface area (Å²) in [4.78, 5) is 30.4. The van der Waals surface area contributed by atoms with Crippen molar-refractivity contribution in [3.63, 3.8) is 0 Å². The van der Waals surface area contributed by atoms with Gasteiger partial charge < -0.3 is 24.1 Å². The Hall–Kier alpha value is -3.57. The molecule has 1 amide bonds. The van der Waals surface area contributed by atoms with E-state index in [0.29, 0.717) is 44.6 Å². The molecular weight excluding hydrogens is 587 g/mol. The normalized spacial score (nSPS) is 16.9. The van der Waals surface area contributed by atoms with Crippen LogP contribution in [-0.4, -0.2) is 84.9 Å². The Morgan fingerprint density at radius 3 is 2.51 bits per heavy atom. The number of benzene rings is 2. The lowest BCUT2D eigenvalue weighted by molar-refractivity contribution is -0.148. The van der Waals surface area contributed by atoms with E-state index >= 15 is 13.2 Å². The molecule has 0 fully saturated rings. The molecule has 4 rings (SSSR count). The summed E-state index contributed by atoms with van der Waals surface area (Å²) in [6, 6.07) is 9.00. The molecule has 0 saturated carbocycles. The van der Waals surface area contributed by atoms with E-state index in [1.54, 1.807) is 14.0 Å². The first-order valence-corrected chi connectivity index (χ1v) is 15.5. The summed E-state index contributed by atoms with van der Waals surface area (Å²) in [6.45, 7) is 7.39. The second-order valence-corrected chi connectivity index (χ2v) is 12.2. The number of alkyl halides is 1. The van der Waals surface area contributed by atoms with E-state index in [2.05, 4.69) is 4.98 Å². The summed E-state index contributed by atoms with van der Waals surface area (Å²) in [5.41, 5.74) is 0.753. The molecule has 1 aromatic heterocycles. The highest BCUT2D eigenvalue weighted by Crippen LogP contribution is 2.43. The van der Waals surface area contributed by atoms with Crippen LogP contribution in [0.5, 0.6) is 5.75 Å². The molecule has 2 heterocycles. The van der Waals surface area contributed by atoms with Crippen LogP contribution in [0.25, 0.3) is 10.9 Å². The quantitative estimate of drug-likeness (QED) is 0.161. The highest BCUT2D eigenvalue weighted by atomic mass is 19.1. The molecule has 0 radical (unpaired) electrons. The van der Waals surface area contributed by atoms with Crippen LogP contribution in [0.4, 0.5) is 13.2 Å². The van der Waals surface area contributed by atoms with Gasteiger partial charge >= 0.3 is 5.97 Å². The van der Waals surface area contributed by atoms with Crippen LogP contribution in [0, 0.1) is 11.6 Å². The zero-order chi connectivity index (χ0) is 32.7. The van der Waals surface area contributed by atoms with E-state index in [-0.39, 0.29) is 49.6 Å². The largest absolute Gasteiger partial charge is 0.492 e. The third-order valence-corrected chi connectivity index (χ3v) is 7.98. The maximum atomic E-state index is 15.8. The molecule has 0 spiro atoms. The van der Waals surface area contributed by atoms with E-state index in [9.17, 15) is 9.59 Å². The number of aromatic nitrogens is 1. The number of para-hydroxylation sites is 1. The molecule has 45 heavy (non-hydrogen) atoms. The number of rotatable bonds is 15. The highest BCUT2D eigenvalue weighted by Gasteiger charge is 2.41. The summed E-state index contributed by atoms with van der Waals surface area (Å²) in [7, 11) is 1.64. The number of carbonyl (C=O) groups excluding carboxylic acids is 2. The summed E-state index contributed by atoms with van der Waals surface area (Å²) < 4.78 is 62.4. The fourth-order valence-electron chi connectivity index (χ4n) is 5.86. The zero-order valence-electron chi connectivity index (χ0n) is 26.8. The van der Waals surface area contributed by atoms with Gasteiger partial charge in [0.1, 0.15) is 36.3 Å². The molecule has 0 unspecified atom stereocenters. The van der Waals surface area contributed by atoms with Crippen molar-refractivity contribution >= 4 is 22.8 Å². The van der Waals surface area contributed by atoms with Crippen molar-refractivity contribution in [1.82, 2.24) is 14.8 Å². The predicted octanol–water partition coefficient (Wildman–Crippen LogP) is 6.12. The van der Waals surface area contributed by atoms with Crippen LogP contribution >= 0.6 is 0 Å². The average molecular weight is 632 g/mol. The molecule has 3 aromatic rings. The first-order valence-electron chi connectivity index (χ1n) is 15.5. The Morgan fingerprint density at radius 1 is 1.11 bits per heavy atom. The molecule has 246 valence electrons. The molecule has 0 saturated heterocycles. The van der Waals surface area contributed by atoms with Gasteiger partial charge in [-0.3, -0.25) is 9.69 Å². The van der Waals surface area contributed by atoms with Gasteiger partial charge in [0.2, 0.25) is 5.91 Å². The summed E-state index contributed by atoms with van der Waals surface area (Å²) in [6.07, 6.45) is 2.10. The topological polar surface area (TPSA) is 84.1 Å². The second kappa shape index (κ2) is 15.1. The third kappa shape index (κ3) is 8.79. The van der Waals surface area contributed by atoms with Crippen molar-refractivity contribution in [2.24, 2.45) is 0 Å². The van der Waals surface area contributed by atoms with Crippen molar-refractivity contribution in [2.75, 3.05) is 46.6 Å². The van der Waals surface area contributed by atoms with E-state index in [1.807, 2.05) is 36.1 Å². The number of nitrogens with one attached hydrogen (secondary N) is 1. The Morgan fingerprint density at radius 2 is 1.82 bits per heavy atom. The molecule has 0 bridgehead atoms. The number of halogens is 3. The highest BCUT2D eigenvalue weighted by molar-refractivity contribution is 5.85. The van der Waals surface area contributed by atoms with Crippen molar-refractivity contribution in [2.45, 2.75) is 71.1 Å². The Balaban J connectivity index is 1.40. The molecule has 8 nitrogen and oxygen atoms in total. The monoisotopic (exact) mass is 631 g/mol. The van der Waals surface area contributed by atoms with Gasteiger partial charge in [0, 0.05) is 67.0 Å². The summed E-state index contributed by atoms with van der Waals surface area (Å²) >= 11 is 0. The number of carbonyl (C=O) groups is 2. The summed E-state index contributed by atoms with van der Waals surface area (Å²) in [5.74, 6) is -2.09. The number of ether oxygens (including phenoxy) is 3. The molecule has 1 aliphatic heterocycles. The van der Waals surface area contributed by atoms with Gasteiger partial charge in [-0.1, -0.05) is 18.2 Å². The van der Waals surface area contributed by atoms with Gasteiger partial charge in [-0.05, 0) is 58.6 Å². The van der Waals surface area contributed by atoms with Crippen LogP contribution in [0.15, 0.2) is 36.4 Å². The Labute approximate surface area is 262 Å². The number of hydrogen-bond donors (Lipinski definition) is 1. The number of hydrogen-bond acceptors (Lipinski definition) is 6. The number of H-pyrrole nitrogens is 1. The SMILES string of the molecule is CCOC(=O)COCCCCC(=O)N(C)CCOc1cc(F)c([C@@H]2c3[nH]c4ccccc4c3C[C@@H](C)N2CC(C)(C)F)c(F)c1. The third-order valence-electron chi connectivity index (χ3n) is 7.98. The molecule has 1 N–H and O–H groups in total. The molecule has 1 aliphatic rings. The van der Waals surface area contributed by atoms with Crippen LogP contribution in [-0.2, 0) is 25.5 Å². The standard InChI is InChI=1S/C34H44F3N3O5/c1-6-44-30(42)20-43-15-10-9-13-29(41)39(5)14-16-45-23-18-26(35)31(27(36)19-23)33-32-25(24-11-7-8-12-28(24)38-32)17-22(2)40(33)21-34(3,4)37/h7-8,11-12,18-19,22,33,38H,6,9-10,13-17,20-21H2,1-5H3/t22-,33-/m1/s1. The van der Waals surface area contributed by atoms with Gasteiger partial charge in [-0.25, -0.2) is 18.0 Å². The number of fused-ring (bicyclic) bond motifs is 3. The fraction of sp³-hybridized carbons (Fsp3) is 0.529. The van der Waals surface area contributed by atoms with E-state index in [4.69, 9.17) is 14.2 Å². The molecule has 11 heteroatoms. The minimum atomic E-state index is -1.59. The van der Waals surface area contributed by atoms with Crippen LogP contribution < -0.4 is 4.74 Å². The first kappa shape index (κ1) is 34.3. The smallest absolute Gasteiger partial charge is 0.332 e. The van der Waals surface area contributed by atoms with Crippen LogP contribution in [0.2, 0.25) is 0 Å². The number of nitrogens with zero attached hydrogens (tertiary/aromatic N) is 2. The van der Waals surface area contributed by atoms with Gasteiger partial charge in [0.05, 0.1) is 19.2 Å². The molecule has 2 atom stereocenters. The molecule has 0 aliphatic carbocycles. The average Bonchev–Trinajstić information content (AvgIpc) is 3.33. The minimum Gasteiger partial charge on any atom is -0.492 e. The van der Waals surface area contributed by atoms with Gasteiger partial charge in [0.15, 0.2) is 0 Å². The van der Waals surface area contributed by atoms with Crippen molar-refractivity contribution in [3.05, 3.63) is 64.9 Å². The lowest BCUT2D eigenvalue weighted by Gasteiger charge is -2.43. The van der Waals surface area contributed by atoms with Crippen molar-refractivity contribution in [3.8, 4) is 5.75 Å². The summed E-state index contributed by atoms with van der Waals surface area (Å²) in [5, 5.41) is 0.991. The van der Waals surface area contributed by atoms with E-state index in [0.717, 1.165) is 28.6 Å². The van der Waals surface area contributed by atoms with Gasteiger partial charge in [-0.15, -0.1) is 0 Å². The molecule has 2 aromatic carbocycles. The number of unbranched alkanes of at least 4 members (excludes halogenated alkanes) is 1. The lowest BCUT2D eigenvalue weighted by atomic mass is 9.87. The minimum absolute atomic E-state index is 0.00597. The molecular formula is C34H44F3N3O5. The number of aromatic amines is 1. The number of esters is 1. The second-order valence-electron chi connectivity index (χ2n) is 12.2. The van der Waals surface area contributed by atoms with Crippen molar-refractivity contribution < 1.29 is 37.0 Å². The Bertz CT molecular complexity index is 1450. The van der Waals surface area contributed by atoms with E-state index in [1.165, 1.54) is 18.7 Å². The maximum absolute atomic E-state index is 15.8. The number of likely N-dealkylation sites (N-methyl/N-ethyl adjacent to an activating group) is 1. The van der Waals surface area contributed by atoms with Crippen LogP contribution in [0.1, 0.15) is 69.8 Å². The lowest BCUT2D eigenvalue weighted by Crippen LogP contribution is -2.48. The van der Waals surface area contributed by atoms with Crippen LogP contribution in [0.3, 0.4) is 0 Å². The predicted molar refractivity (Wildman–Crippen MR) is 166 cm³/mol. The fourth-order valence-corrected chi connectivity index (χ4v) is 5.86. The zero-order valence-corrected chi connectivity index (χ0v) is 26.8.